The van der Waals surface area contributed by atoms with Crippen LogP contribution in [-0.2, 0) is 33.8 Å². The summed E-state index contributed by atoms with van der Waals surface area (Å²) in [6, 6.07) is 10.7. The highest BCUT2D eigenvalue weighted by Crippen LogP contribution is 2.39. The van der Waals surface area contributed by atoms with Crippen molar-refractivity contribution in [3.63, 3.8) is 0 Å². The largest absolute Gasteiger partial charge is 0.445 e. The van der Waals surface area contributed by atoms with Crippen LogP contribution in [0.25, 0.3) is 10.9 Å². The van der Waals surface area contributed by atoms with Crippen molar-refractivity contribution in [1.82, 2.24) is 31.1 Å². The van der Waals surface area contributed by atoms with Gasteiger partial charge in [-0.3, -0.25) is 14.4 Å². The van der Waals surface area contributed by atoms with E-state index in [-0.39, 0.29) is 43.0 Å². The van der Waals surface area contributed by atoms with Gasteiger partial charge < -0.3 is 35.9 Å². The van der Waals surface area contributed by atoms with Gasteiger partial charge in [-0.25, -0.2) is 4.79 Å². The van der Waals surface area contributed by atoms with Crippen molar-refractivity contribution in [1.29, 1.82) is 0 Å². The zero-order valence-electron chi connectivity index (χ0n) is 28.3. The van der Waals surface area contributed by atoms with Gasteiger partial charge in [0.1, 0.15) is 24.2 Å². The molecule has 1 aliphatic carbocycles. The summed E-state index contributed by atoms with van der Waals surface area (Å²) < 4.78 is 10.8. The number of nitrogens with zero attached hydrogens (tertiary/aromatic N) is 2. The molecule has 0 bridgehead atoms. The van der Waals surface area contributed by atoms with Gasteiger partial charge in [0.05, 0.1) is 10.5 Å². The number of hydrogen-bond acceptors (Lipinski definition) is 8. The van der Waals surface area contributed by atoms with Gasteiger partial charge in [-0.05, 0) is 47.9 Å². The van der Waals surface area contributed by atoms with Crippen molar-refractivity contribution in [2.24, 2.45) is 17.6 Å². The Hall–Kier alpha value is -4.62. The average Bonchev–Trinajstić information content (AvgIpc) is 3.74. The SMILES string of the molecule is CCC(C)[C@H](NC(=O)OCc1ccccc1)C(=O)N[C@@]1(C(=O)N[C@H](c2nc(C(N)=O)no2)C(C)CC)CCc2[nH]c3c(Cl)cc(Cl)cc3c2C1. The quantitative estimate of drug-likeness (QED) is 0.118. The third kappa shape index (κ3) is 7.89. The molecule has 5 rings (SSSR count). The minimum absolute atomic E-state index is 0.00504. The van der Waals surface area contributed by atoms with E-state index in [1.54, 1.807) is 12.1 Å². The maximum atomic E-state index is 14.7. The molecule has 4 aromatic rings. The second-order valence-corrected chi connectivity index (χ2v) is 13.7. The predicted octanol–water partition coefficient (Wildman–Crippen LogP) is 5.55. The van der Waals surface area contributed by atoms with Gasteiger partial charge in [0, 0.05) is 22.5 Å². The molecule has 2 unspecified atom stereocenters. The number of fused-ring (bicyclic) bond motifs is 3. The van der Waals surface area contributed by atoms with Gasteiger partial charge in [-0.15, -0.1) is 0 Å². The van der Waals surface area contributed by atoms with Crippen molar-refractivity contribution in [3.8, 4) is 0 Å². The fourth-order valence-electron chi connectivity index (χ4n) is 6.16. The maximum absolute atomic E-state index is 14.7. The minimum atomic E-state index is -1.51. The van der Waals surface area contributed by atoms with Gasteiger partial charge in [0.15, 0.2) is 0 Å². The second-order valence-electron chi connectivity index (χ2n) is 12.9. The number of aromatic amines is 1. The molecule has 2 aromatic carbocycles. The van der Waals surface area contributed by atoms with E-state index in [4.69, 9.17) is 38.2 Å². The molecule has 0 saturated heterocycles. The number of alkyl carbamates (subject to hydrolysis) is 1. The first-order chi connectivity index (χ1) is 23.8. The topological polar surface area (TPSA) is 194 Å². The number of nitrogens with one attached hydrogen (secondary N) is 4. The molecule has 15 heteroatoms. The number of amides is 4. The molecule has 4 amide bonds. The summed E-state index contributed by atoms with van der Waals surface area (Å²) in [6.07, 6.45) is 1.05. The Bertz CT molecular complexity index is 1880. The van der Waals surface area contributed by atoms with Crippen molar-refractivity contribution < 1.29 is 28.4 Å². The van der Waals surface area contributed by atoms with Gasteiger partial charge >= 0.3 is 6.09 Å². The first-order valence-electron chi connectivity index (χ1n) is 16.6. The van der Waals surface area contributed by atoms with Crippen LogP contribution in [0.1, 0.15) is 86.3 Å². The molecule has 5 atom stereocenters. The lowest BCUT2D eigenvalue weighted by Gasteiger charge is -2.39. The Morgan fingerprint density at radius 1 is 1.06 bits per heavy atom. The fourth-order valence-corrected chi connectivity index (χ4v) is 6.70. The number of H-pyrrole nitrogens is 1. The molecule has 0 radical (unpaired) electrons. The number of carbonyl (C=O) groups is 4. The number of primary amides is 1. The first-order valence-corrected chi connectivity index (χ1v) is 17.3. The third-order valence-electron chi connectivity index (χ3n) is 9.51. The van der Waals surface area contributed by atoms with Crippen molar-refractivity contribution in [3.05, 3.63) is 81.0 Å². The highest BCUT2D eigenvalue weighted by atomic mass is 35.5. The van der Waals surface area contributed by atoms with Gasteiger partial charge in [-0.2, -0.15) is 4.98 Å². The summed E-state index contributed by atoms with van der Waals surface area (Å²) in [6.45, 7) is 7.57. The number of halogens is 2. The van der Waals surface area contributed by atoms with Crippen LogP contribution in [0.15, 0.2) is 47.0 Å². The van der Waals surface area contributed by atoms with Crippen molar-refractivity contribution in [2.45, 2.75) is 84.0 Å². The monoisotopic (exact) mass is 725 g/mol. The Labute approximate surface area is 299 Å². The van der Waals surface area contributed by atoms with E-state index < -0.39 is 41.4 Å². The van der Waals surface area contributed by atoms with Crippen LogP contribution in [0, 0.1) is 11.8 Å². The van der Waals surface area contributed by atoms with E-state index >= 15 is 0 Å². The molecule has 6 N–H and O–H groups in total. The Balaban J connectivity index is 1.49. The van der Waals surface area contributed by atoms with E-state index in [0.717, 1.165) is 22.2 Å². The summed E-state index contributed by atoms with van der Waals surface area (Å²) in [7, 11) is 0. The van der Waals surface area contributed by atoms with Crippen molar-refractivity contribution in [2.75, 3.05) is 0 Å². The second kappa shape index (κ2) is 15.5. The summed E-state index contributed by atoms with van der Waals surface area (Å²) in [5, 5.41) is 14.0. The smallest absolute Gasteiger partial charge is 0.408 e. The molecule has 13 nitrogen and oxygen atoms in total. The lowest BCUT2D eigenvalue weighted by molar-refractivity contribution is -0.136. The number of carbonyl (C=O) groups excluding carboxylic acids is 4. The molecule has 0 saturated carbocycles. The first kappa shape index (κ1) is 36.7. The number of ether oxygens (including phenoxy) is 1. The number of hydrogen-bond donors (Lipinski definition) is 5. The number of aryl methyl sites for hydroxylation is 1. The van der Waals surface area contributed by atoms with E-state index in [0.29, 0.717) is 34.8 Å². The lowest BCUT2D eigenvalue weighted by Crippen LogP contribution is -2.65. The van der Waals surface area contributed by atoms with Crippen LogP contribution < -0.4 is 21.7 Å². The zero-order valence-corrected chi connectivity index (χ0v) is 29.8. The average molecular weight is 727 g/mol. The Morgan fingerprint density at radius 2 is 1.78 bits per heavy atom. The van der Waals surface area contributed by atoms with Gasteiger partial charge in [0.2, 0.25) is 17.7 Å². The van der Waals surface area contributed by atoms with Gasteiger partial charge in [-0.1, -0.05) is 99.2 Å². The van der Waals surface area contributed by atoms with Crippen LogP contribution >= 0.6 is 23.2 Å². The summed E-state index contributed by atoms with van der Waals surface area (Å²) in [5.74, 6) is -2.79. The molecule has 2 heterocycles. The third-order valence-corrected chi connectivity index (χ3v) is 10.0. The Morgan fingerprint density at radius 3 is 2.44 bits per heavy atom. The van der Waals surface area contributed by atoms with Crippen LogP contribution in [-0.4, -0.2) is 50.5 Å². The summed E-state index contributed by atoms with van der Waals surface area (Å²) in [4.78, 5) is 61.2. The number of nitrogens with two attached hydrogens (primary N) is 1. The van der Waals surface area contributed by atoms with Crippen LogP contribution in [0.5, 0.6) is 0 Å². The minimum Gasteiger partial charge on any atom is -0.445 e. The number of rotatable bonds is 13. The normalized spacial score (nSPS) is 18.0. The molecular formula is C35H41Cl2N7O6. The number of benzene rings is 2. The molecule has 0 fully saturated rings. The summed E-state index contributed by atoms with van der Waals surface area (Å²) >= 11 is 12.9. The molecule has 2 aromatic heterocycles. The predicted molar refractivity (Wildman–Crippen MR) is 187 cm³/mol. The maximum Gasteiger partial charge on any atom is 0.408 e. The van der Waals surface area contributed by atoms with E-state index in [1.807, 2.05) is 58.0 Å². The van der Waals surface area contributed by atoms with Gasteiger partial charge in [0.25, 0.3) is 11.7 Å². The van der Waals surface area contributed by atoms with Crippen molar-refractivity contribution >= 4 is 57.9 Å². The lowest BCUT2D eigenvalue weighted by atomic mass is 9.78. The van der Waals surface area contributed by atoms with E-state index in [9.17, 15) is 19.2 Å². The fraction of sp³-hybridized carbons (Fsp3) is 0.429. The Kier molecular flexibility index (Phi) is 11.4. The molecule has 0 spiro atoms. The highest BCUT2D eigenvalue weighted by Gasteiger charge is 2.47. The highest BCUT2D eigenvalue weighted by molar-refractivity contribution is 6.38. The van der Waals surface area contributed by atoms with E-state index in [1.165, 1.54) is 0 Å². The zero-order chi connectivity index (χ0) is 36.2. The van der Waals surface area contributed by atoms with E-state index in [2.05, 4.69) is 31.1 Å². The van der Waals surface area contributed by atoms with Crippen LogP contribution in [0.3, 0.4) is 0 Å². The van der Waals surface area contributed by atoms with Crippen LogP contribution in [0.2, 0.25) is 10.0 Å². The molecule has 266 valence electrons. The standard InChI is InChI=1S/C35H41Cl2N7O6/c1-5-18(3)26(41-34(48)49-17-20-10-8-7-9-11-20)31(46)43-35(13-12-25-23(16-35)22-14-21(36)15-24(37)28(22)39-25)33(47)40-27(19(4)6-2)32-42-30(29(38)45)44-50-32/h7-11,14-15,18-19,26-27,39H,5-6,12-13,16-17H2,1-4H3,(H2,38,45)(H,40,47)(H,41,48)(H,43,46)/t18?,19?,26-,27-,35-/m0/s1. The van der Waals surface area contributed by atoms with Crippen LogP contribution in [0.4, 0.5) is 4.79 Å². The molecular weight excluding hydrogens is 685 g/mol. The summed E-state index contributed by atoms with van der Waals surface area (Å²) in [5.41, 5.74) is 6.96. The molecule has 1 aliphatic rings. The number of aromatic nitrogens is 3. The molecule has 50 heavy (non-hydrogen) atoms. The molecule has 0 aliphatic heterocycles.